The highest BCUT2D eigenvalue weighted by Gasteiger charge is 2.34. The Hall–Kier alpha value is -1.46. The van der Waals surface area contributed by atoms with E-state index in [2.05, 4.69) is 0 Å². The van der Waals surface area contributed by atoms with Crippen molar-refractivity contribution in [3.63, 3.8) is 0 Å². The predicted octanol–water partition coefficient (Wildman–Crippen LogP) is 1.74. The van der Waals surface area contributed by atoms with Gasteiger partial charge in [-0.3, -0.25) is 0 Å². The van der Waals surface area contributed by atoms with E-state index in [0.717, 1.165) is 19.2 Å². The number of hydrogen-bond donors (Lipinski definition) is 1. The molecule has 0 amide bonds. The number of carbonyl (C=O) groups is 1. The molecule has 0 fully saturated rings. The Morgan fingerprint density at radius 1 is 1.46 bits per heavy atom. The summed E-state index contributed by atoms with van der Waals surface area (Å²) in [5.74, 6) is -1.38. The number of hydrogen-bond acceptors (Lipinski definition) is 1. The summed E-state index contributed by atoms with van der Waals surface area (Å²) in [4.78, 5) is 10.4. The Balaban J connectivity index is 3.22. The number of carboxylic acid groups (broad SMARTS) is 1. The van der Waals surface area contributed by atoms with E-state index >= 15 is 0 Å². The van der Waals surface area contributed by atoms with E-state index in [4.69, 9.17) is 5.11 Å². The highest BCUT2D eigenvalue weighted by atomic mass is 19.4. The van der Waals surface area contributed by atoms with Gasteiger partial charge in [0, 0.05) is 7.05 Å². The van der Waals surface area contributed by atoms with Gasteiger partial charge in [-0.15, -0.1) is 0 Å². The van der Waals surface area contributed by atoms with Crippen LogP contribution in [-0.4, -0.2) is 15.6 Å². The first-order chi connectivity index (χ1) is 5.84. The van der Waals surface area contributed by atoms with Crippen molar-refractivity contribution >= 4 is 5.97 Å². The standard InChI is InChI=1S/C7H6F3NO2/c1-11-4(6(12)13)2-3-5(11)7(8,9)10/h2-3H,1H3,(H,12,13). The van der Waals surface area contributed by atoms with Crippen LogP contribution in [0.4, 0.5) is 13.2 Å². The number of aromatic nitrogens is 1. The monoisotopic (exact) mass is 193 g/mol. The van der Waals surface area contributed by atoms with E-state index in [-0.39, 0.29) is 5.69 Å². The molecule has 1 N–H and O–H groups in total. The van der Waals surface area contributed by atoms with Crippen LogP contribution in [0.25, 0.3) is 0 Å². The van der Waals surface area contributed by atoms with Gasteiger partial charge in [0.15, 0.2) is 0 Å². The van der Waals surface area contributed by atoms with Crippen molar-refractivity contribution in [2.75, 3.05) is 0 Å². The third kappa shape index (κ3) is 1.66. The molecular weight excluding hydrogens is 187 g/mol. The Morgan fingerprint density at radius 2 is 2.00 bits per heavy atom. The van der Waals surface area contributed by atoms with Gasteiger partial charge in [0.25, 0.3) is 0 Å². The van der Waals surface area contributed by atoms with E-state index in [1.54, 1.807) is 0 Å². The fourth-order valence-electron chi connectivity index (χ4n) is 1.01. The van der Waals surface area contributed by atoms with Gasteiger partial charge < -0.3 is 9.67 Å². The maximum absolute atomic E-state index is 12.1. The molecule has 0 aliphatic carbocycles. The largest absolute Gasteiger partial charge is 0.477 e. The van der Waals surface area contributed by atoms with Crippen molar-refractivity contribution in [3.8, 4) is 0 Å². The topological polar surface area (TPSA) is 42.2 Å². The Kier molecular flexibility index (Phi) is 2.07. The predicted molar refractivity (Wildman–Crippen MR) is 37.4 cm³/mol. The molecule has 0 saturated carbocycles. The smallest absolute Gasteiger partial charge is 0.431 e. The van der Waals surface area contributed by atoms with Gasteiger partial charge in [-0.05, 0) is 12.1 Å². The lowest BCUT2D eigenvalue weighted by Gasteiger charge is -2.08. The van der Waals surface area contributed by atoms with Crippen LogP contribution < -0.4 is 0 Å². The molecule has 1 heterocycles. The molecular formula is C7H6F3NO2. The van der Waals surface area contributed by atoms with Gasteiger partial charge in [0.05, 0.1) is 0 Å². The lowest BCUT2D eigenvalue weighted by molar-refractivity contribution is -0.143. The van der Waals surface area contributed by atoms with Crippen molar-refractivity contribution in [1.29, 1.82) is 0 Å². The Labute approximate surface area is 71.4 Å². The van der Waals surface area contributed by atoms with E-state index in [1.165, 1.54) is 0 Å². The van der Waals surface area contributed by atoms with Gasteiger partial charge in [-0.25, -0.2) is 4.79 Å². The zero-order valence-electron chi connectivity index (χ0n) is 6.59. The second kappa shape index (κ2) is 2.79. The lowest BCUT2D eigenvalue weighted by atomic mass is 10.4. The molecule has 0 aliphatic rings. The molecule has 1 aromatic heterocycles. The maximum Gasteiger partial charge on any atom is 0.431 e. The van der Waals surface area contributed by atoms with Gasteiger partial charge in [0.1, 0.15) is 11.4 Å². The number of carboxylic acids is 1. The minimum absolute atomic E-state index is 0.382. The highest BCUT2D eigenvalue weighted by Crippen LogP contribution is 2.30. The van der Waals surface area contributed by atoms with E-state index < -0.39 is 17.8 Å². The Bertz CT molecular complexity index is 340. The number of aromatic carboxylic acids is 1. The average molecular weight is 193 g/mol. The van der Waals surface area contributed by atoms with Gasteiger partial charge in [-0.2, -0.15) is 13.2 Å². The van der Waals surface area contributed by atoms with Crippen LogP contribution in [0, 0.1) is 0 Å². The first kappa shape index (κ1) is 9.63. The first-order valence-electron chi connectivity index (χ1n) is 3.30. The summed E-state index contributed by atoms with van der Waals surface area (Å²) in [7, 11) is 1.06. The fraction of sp³-hybridized carbons (Fsp3) is 0.286. The van der Waals surface area contributed by atoms with Crippen LogP contribution in [0.15, 0.2) is 12.1 Å². The molecule has 1 aromatic rings. The van der Waals surface area contributed by atoms with Crippen LogP contribution in [0.2, 0.25) is 0 Å². The quantitative estimate of drug-likeness (QED) is 0.738. The van der Waals surface area contributed by atoms with Crippen molar-refractivity contribution in [2.45, 2.75) is 6.18 Å². The normalized spacial score (nSPS) is 11.7. The number of rotatable bonds is 1. The van der Waals surface area contributed by atoms with Gasteiger partial charge in [0.2, 0.25) is 0 Å². The van der Waals surface area contributed by atoms with Crippen molar-refractivity contribution < 1.29 is 23.1 Å². The highest BCUT2D eigenvalue weighted by molar-refractivity contribution is 5.86. The number of alkyl halides is 3. The number of nitrogens with zero attached hydrogens (tertiary/aromatic N) is 1. The molecule has 72 valence electrons. The van der Waals surface area contributed by atoms with Crippen molar-refractivity contribution in [2.24, 2.45) is 7.05 Å². The van der Waals surface area contributed by atoms with Crippen LogP contribution in [0.1, 0.15) is 16.2 Å². The van der Waals surface area contributed by atoms with Crippen molar-refractivity contribution in [3.05, 3.63) is 23.5 Å². The summed E-state index contributed by atoms with van der Waals surface area (Å²) in [6.07, 6.45) is -4.51. The Morgan fingerprint density at radius 3 is 2.23 bits per heavy atom. The molecule has 0 aromatic carbocycles. The lowest BCUT2D eigenvalue weighted by Crippen LogP contribution is -2.14. The summed E-state index contributed by atoms with van der Waals surface area (Å²) in [6, 6.07) is 1.66. The molecule has 0 unspecified atom stereocenters. The van der Waals surface area contributed by atoms with E-state index in [1.807, 2.05) is 0 Å². The van der Waals surface area contributed by atoms with Crippen LogP contribution in [0.5, 0.6) is 0 Å². The molecule has 13 heavy (non-hydrogen) atoms. The summed E-state index contributed by atoms with van der Waals surface area (Å²) in [6.45, 7) is 0. The molecule has 1 rings (SSSR count). The molecule has 0 radical (unpaired) electrons. The summed E-state index contributed by atoms with van der Waals surface area (Å²) < 4.78 is 36.9. The molecule has 3 nitrogen and oxygen atoms in total. The van der Waals surface area contributed by atoms with Crippen molar-refractivity contribution in [1.82, 2.24) is 4.57 Å². The molecule has 0 saturated heterocycles. The molecule has 0 spiro atoms. The minimum Gasteiger partial charge on any atom is -0.477 e. The van der Waals surface area contributed by atoms with Gasteiger partial charge in [-0.1, -0.05) is 0 Å². The van der Waals surface area contributed by atoms with Crippen LogP contribution in [-0.2, 0) is 13.2 Å². The van der Waals surface area contributed by atoms with E-state index in [0.29, 0.717) is 4.57 Å². The first-order valence-corrected chi connectivity index (χ1v) is 3.30. The summed E-state index contributed by atoms with van der Waals surface area (Å²) >= 11 is 0. The SMILES string of the molecule is Cn1c(C(=O)O)ccc1C(F)(F)F. The zero-order chi connectivity index (χ0) is 10.2. The second-order valence-corrected chi connectivity index (χ2v) is 2.47. The third-order valence-corrected chi connectivity index (χ3v) is 1.63. The average Bonchev–Trinajstić information content (AvgIpc) is 2.28. The fourth-order valence-corrected chi connectivity index (χ4v) is 1.01. The maximum atomic E-state index is 12.1. The number of halogens is 3. The molecule has 0 bridgehead atoms. The van der Waals surface area contributed by atoms with Crippen LogP contribution in [0.3, 0.4) is 0 Å². The van der Waals surface area contributed by atoms with E-state index in [9.17, 15) is 18.0 Å². The molecule has 6 heteroatoms. The van der Waals surface area contributed by atoms with Gasteiger partial charge >= 0.3 is 12.1 Å². The summed E-state index contributed by atoms with van der Waals surface area (Å²) in [5, 5.41) is 8.46. The molecule has 0 atom stereocenters. The zero-order valence-corrected chi connectivity index (χ0v) is 6.59. The third-order valence-electron chi connectivity index (χ3n) is 1.63. The second-order valence-electron chi connectivity index (χ2n) is 2.47. The van der Waals surface area contributed by atoms with Crippen LogP contribution >= 0.6 is 0 Å². The minimum atomic E-state index is -4.51. The summed E-state index contributed by atoms with van der Waals surface area (Å²) in [5.41, 5.74) is -1.35. The molecule has 0 aliphatic heterocycles.